The SMILES string of the molecule is C=C(C)CN(CC)C(=O)C1CC2CCCCC2N1C(=O)c1ccccc1. The topological polar surface area (TPSA) is 40.6 Å². The zero-order valence-corrected chi connectivity index (χ0v) is 16.0. The molecule has 2 aliphatic rings. The Labute approximate surface area is 156 Å². The lowest BCUT2D eigenvalue weighted by atomic mass is 9.84. The predicted octanol–water partition coefficient (Wildman–Crippen LogP) is 3.88. The minimum atomic E-state index is -0.338. The summed E-state index contributed by atoms with van der Waals surface area (Å²) in [4.78, 5) is 30.3. The van der Waals surface area contributed by atoms with Gasteiger partial charge in [-0.1, -0.05) is 43.2 Å². The Kier molecular flexibility index (Phi) is 5.80. The summed E-state index contributed by atoms with van der Waals surface area (Å²) in [6.07, 6.45) is 5.29. The van der Waals surface area contributed by atoms with Crippen molar-refractivity contribution >= 4 is 11.8 Å². The largest absolute Gasteiger partial charge is 0.337 e. The van der Waals surface area contributed by atoms with E-state index < -0.39 is 0 Å². The van der Waals surface area contributed by atoms with E-state index in [1.54, 1.807) is 0 Å². The van der Waals surface area contributed by atoms with E-state index in [0.717, 1.165) is 31.3 Å². The zero-order valence-electron chi connectivity index (χ0n) is 16.0. The highest BCUT2D eigenvalue weighted by Crippen LogP contribution is 2.41. The molecule has 3 unspecified atom stereocenters. The fraction of sp³-hybridized carbons (Fsp3) is 0.545. The van der Waals surface area contributed by atoms with E-state index in [9.17, 15) is 9.59 Å². The van der Waals surface area contributed by atoms with Crippen molar-refractivity contribution in [1.29, 1.82) is 0 Å². The first-order valence-electron chi connectivity index (χ1n) is 9.83. The van der Waals surface area contributed by atoms with Gasteiger partial charge in [0, 0.05) is 24.7 Å². The lowest BCUT2D eigenvalue weighted by Gasteiger charge is -2.35. The molecule has 3 atom stereocenters. The Morgan fingerprint density at radius 1 is 1.19 bits per heavy atom. The van der Waals surface area contributed by atoms with Crippen LogP contribution < -0.4 is 0 Å². The van der Waals surface area contributed by atoms with Crippen molar-refractivity contribution in [3.8, 4) is 0 Å². The first kappa shape index (κ1) is 18.7. The molecule has 140 valence electrons. The van der Waals surface area contributed by atoms with Crippen molar-refractivity contribution in [2.45, 2.75) is 58.0 Å². The van der Waals surface area contributed by atoms with Crippen LogP contribution in [0.4, 0.5) is 0 Å². The number of nitrogens with zero attached hydrogens (tertiary/aromatic N) is 2. The van der Waals surface area contributed by atoms with E-state index in [-0.39, 0.29) is 23.9 Å². The van der Waals surface area contributed by atoms with Gasteiger partial charge < -0.3 is 9.80 Å². The Bertz CT molecular complexity index is 670. The molecular weight excluding hydrogens is 324 g/mol. The molecule has 0 spiro atoms. The summed E-state index contributed by atoms with van der Waals surface area (Å²) >= 11 is 0. The van der Waals surface area contributed by atoms with Crippen LogP contribution in [0.15, 0.2) is 42.5 Å². The highest BCUT2D eigenvalue weighted by atomic mass is 16.2. The third-order valence-electron chi connectivity index (χ3n) is 5.78. The van der Waals surface area contributed by atoms with E-state index >= 15 is 0 Å². The summed E-state index contributed by atoms with van der Waals surface area (Å²) in [5.74, 6) is 0.535. The second-order valence-corrected chi connectivity index (χ2v) is 7.75. The second-order valence-electron chi connectivity index (χ2n) is 7.75. The van der Waals surface area contributed by atoms with E-state index in [1.807, 2.05) is 54.0 Å². The average Bonchev–Trinajstić information content (AvgIpc) is 3.05. The number of benzene rings is 1. The van der Waals surface area contributed by atoms with Crippen molar-refractivity contribution in [2.75, 3.05) is 13.1 Å². The van der Waals surface area contributed by atoms with Gasteiger partial charge in [0.2, 0.25) is 5.91 Å². The Balaban J connectivity index is 1.89. The molecule has 1 heterocycles. The summed E-state index contributed by atoms with van der Waals surface area (Å²) < 4.78 is 0. The fourth-order valence-corrected chi connectivity index (χ4v) is 4.58. The van der Waals surface area contributed by atoms with Crippen LogP contribution in [0.5, 0.6) is 0 Å². The van der Waals surface area contributed by atoms with Crippen LogP contribution in [-0.4, -0.2) is 46.8 Å². The maximum Gasteiger partial charge on any atom is 0.254 e. The van der Waals surface area contributed by atoms with Crippen LogP contribution in [0.25, 0.3) is 0 Å². The highest BCUT2D eigenvalue weighted by Gasteiger charge is 2.48. The lowest BCUT2D eigenvalue weighted by Crippen LogP contribution is -2.51. The number of likely N-dealkylation sites (N-methyl/N-ethyl adjacent to an activating group) is 1. The molecule has 0 bridgehead atoms. The second kappa shape index (κ2) is 8.07. The van der Waals surface area contributed by atoms with E-state index in [2.05, 4.69) is 6.58 Å². The number of carbonyl (C=O) groups is 2. The molecule has 0 radical (unpaired) electrons. The summed E-state index contributed by atoms with van der Waals surface area (Å²) in [6, 6.07) is 9.26. The normalized spacial score (nSPS) is 24.8. The molecule has 2 fully saturated rings. The third-order valence-corrected chi connectivity index (χ3v) is 5.78. The first-order chi connectivity index (χ1) is 12.5. The van der Waals surface area contributed by atoms with Crippen LogP contribution in [-0.2, 0) is 4.79 Å². The molecule has 4 nitrogen and oxygen atoms in total. The Morgan fingerprint density at radius 2 is 1.88 bits per heavy atom. The number of fused-ring (bicyclic) bond motifs is 1. The van der Waals surface area contributed by atoms with E-state index in [1.165, 1.54) is 6.42 Å². The Hall–Kier alpha value is -2.10. The van der Waals surface area contributed by atoms with Gasteiger partial charge in [-0.3, -0.25) is 9.59 Å². The first-order valence-corrected chi connectivity index (χ1v) is 9.83. The molecule has 1 aromatic carbocycles. The van der Waals surface area contributed by atoms with E-state index in [4.69, 9.17) is 0 Å². The van der Waals surface area contributed by atoms with Crippen molar-refractivity contribution in [2.24, 2.45) is 5.92 Å². The van der Waals surface area contributed by atoms with Crippen molar-refractivity contribution < 1.29 is 9.59 Å². The molecule has 4 heteroatoms. The van der Waals surface area contributed by atoms with Gasteiger partial charge in [-0.05, 0) is 51.2 Å². The van der Waals surface area contributed by atoms with Gasteiger partial charge in [0.25, 0.3) is 5.91 Å². The summed E-state index contributed by atoms with van der Waals surface area (Å²) in [5, 5.41) is 0. The average molecular weight is 354 g/mol. The quantitative estimate of drug-likeness (QED) is 0.753. The number of likely N-dealkylation sites (tertiary alicyclic amines) is 1. The van der Waals surface area contributed by atoms with Crippen LogP contribution in [0.2, 0.25) is 0 Å². The van der Waals surface area contributed by atoms with Crippen LogP contribution in [0.3, 0.4) is 0 Å². The van der Waals surface area contributed by atoms with E-state index in [0.29, 0.717) is 24.6 Å². The number of hydrogen-bond acceptors (Lipinski definition) is 2. The molecule has 2 amide bonds. The summed E-state index contributed by atoms with van der Waals surface area (Å²) in [7, 11) is 0. The number of amides is 2. The lowest BCUT2D eigenvalue weighted by molar-refractivity contribution is -0.135. The molecule has 1 aliphatic carbocycles. The summed E-state index contributed by atoms with van der Waals surface area (Å²) in [6.45, 7) is 9.09. The minimum Gasteiger partial charge on any atom is -0.337 e. The monoisotopic (exact) mass is 354 g/mol. The smallest absolute Gasteiger partial charge is 0.254 e. The van der Waals surface area contributed by atoms with Gasteiger partial charge in [-0.2, -0.15) is 0 Å². The van der Waals surface area contributed by atoms with Gasteiger partial charge in [0.1, 0.15) is 6.04 Å². The molecular formula is C22H30N2O2. The van der Waals surface area contributed by atoms with Gasteiger partial charge in [0.05, 0.1) is 0 Å². The van der Waals surface area contributed by atoms with Crippen molar-refractivity contribution in [3.63, 3.8) is 0 Å². The molecule has 1 aliphatic heterocycles. The standard InChI is InChI=1S/C22H30N2O2/c1-4-23(15-16(2)3)22(26)20-14-18-12-8-9-13-19(18)24(20)21(25)17-10-6-5-7-11-17/h5-7,10-11,18-20H,2,4,8-9,12-15H2,1,3H3. The van der Waals surface area contributed by atoms with Gasteiger partial charge in [-0.25, -0.2) is 0 Å². The molecule has 26 heavy (non-hydrogen) atoms. The third kappa shape index (κ3) is 3.69. The number of rotatable bonds is 5. The van der Waals surface area contributed by atoms with Gasteiger partial charge in [-0.15, -0.1) is 0 Å². The summed E-state index contributed by atoms with van der Waals surface area (Å²) in [5.41, 5.74) is 1.65. The molecule has 0 N–H and O–H groups in total. The zero-order chi connectivity index (χ0) is 18.7. The van der Waals surface area contributed by atoms with Crippen molar-refractivity contribution in [3.05, 3.63) is 48.0 Å². The fourth-order valence-electron chi connectivity index (χ4n) is 4.58. The van der Waals surface area contributed by atoms with Crippen LogP contribution in [0.1, 0.15) is 56.3 Å². The molecule has 3 rings (SSSR count). The number of carbonyl (C=O) groups excluding carboxylic acids is 2. The van der Waals surface area contributed by atoms with Gasteiger partial charge in [0.15, 0.2) is 0 Å². The Morgan fingerprint density at radius 3 is 2.54 bits per heavy atom. The molecule has 0 aromatic heterocycles. The predicted molar refractivity (Wildman–Crippen MR) is 104 cm³/mol. The maximum atomic E-state index is 13.3. The molecule has 1 saturated heterocycles. The van der Waals surface area contributed by atoms with Gasteiger partial charge >= 0.3 is 0 Å². The van der Waals surface area contributed by atoms with Crippen LogP contribution >= 0.6 is 0 Å². The number of hydrogen-bond donors (Lipinski definition) is 0. The maximum absolute atomic E-state index is 13.3. The molecule has 1 saturated carbocycles. The molecule has 1 aromatic rings. The van der Waals surface area contributed by atoms with Crippen molar-refractivity contribution in [1.82, 2.24) is 9.80 Å². The minimum absolute atomic E-state index is 0.00438. The highest BCUT2D eigenvalue weighted by molar-refractivity contribution is 5.98. The van der Waals surface area contributed by atoms with Crippen LogP contribution in [0, 0.1) is 5.92 Å².